The number of nitrogens with one attached hydrogen (secondary N) is 1. The summed E-state index contributed by atoms with van der Waals surface area (Å²) in [6.45, 7) is 2.83. The molecule has 0 aliphatic heterocycles. The summed E-state index contributed by atoms with van der Waals surface area (Å²) in [4.78, 5) is 23.7. The van der Waals surface area contributed by atoms with Crippen molar-refractivity contribution in [3.05, 3.63) is 59.4 Å². The minimum atomic E-state index is -1.71. The lowest BCUT2D eigenvalue weighted by Crippen LogP contribution is -2.32. The van der Waals surface area contributed by atoms with E-state index < -0.39 is 47.7 Å². The Morgan fingerprint density at radius 3 is 2.33 bits per heavy atom. The Morgan fingerprint density at radius 1 is 1.04 bits per heavy atom. The molecule has 0 saturated carbocycles. The molecule has 0 aromatic heterocycles. The van der Waals surface area contributed by atoms with Crippen LogP contribution in [-0.4, -0.2) is 24.6 Å². The molecule has 0 fully saturated rings. The van der Waals surface area contributed by atoms with E-state index in [4.69, 9.17) is 9.47 Å². The van der Waals surface area contributed by atoms with Crippen molar-refractivity contribution >= 4 is 17.6 Å². The highest BCUT2D eigenvalue weighted by molar-refractivity contribution is 5.95. The van der Waals surface area contributed by atoms with Crippen LogP contribution in [0.4, 0.5) is 18.9 Å². The Hall–Kier alpha value is -3.03. The van der Waals surface area contributed by atoms with Crippen molar-refractivity contribution in [1.82, 2.24) is 0 Å². The second-order valence-electron chi connectivity index (χ2n) is 5.63. The molecule has 0 bridgehead atoms. The summed E-state index contributed by atoms with van der Waals surface area (Å²) < 4.78 is 49.7. The molecule has 144 valence electrons. The normalized spacial score (nSPS) is 11.6. The Labute approximate surface area is 154 Å². The van der Waals surface area contributed by atoms with Crippen molar-refractivity contribution < 1.29 is 32.2 Å². The number of carbonyl (C=O) groups is 2. The third-order valence-corrected chi connectivity index (χ3v) is 3.66. The number of hydrogen-bond acceptors (Lipinski definition) is 4. The number of carbonyl (C=O) groups excluding carboxylic acids is 2. The molecular weight excluding hydrogens is 363 g/mol. The topological polar surface area (TPSA) is 64.6 Å². The first-order chi connectivity index (χ1) is 12.8. The molecule has 27 heavy (non-hydrogen) atoms. The zero-order valence-electron chi connectivity index (χ0n) is 14.7. The molecule has 0 aliphatic carbocycles. The van der Waals surface area contributed by atoms with Crippen LogP contribution in [0, 0.1) is 17.5 Å². The molecule has 2 rings (SSSR count). The van der Waals surface area contributed by atoms with Crippen LogP contribution in [0.5, 0.6) is 5.75 Å². The SMILES string of the molecule is CCc1ccc(OCC(=O)OC(C)C(=O)Nc2ccc(F)c(F)c2F)cc1. The van der Waals surface area contributed by atoms with Crippen LogP contribution in [0.1, 0.15) is 19.4 Å². The van der Waals surface area contributed by atoms with Gasteiger partial charge in [0.15, 0.2) is 30.2 Å². The molecule has 1 N–H and O–H groups in total. The first kappa shape index (κ1) is 20.3. The highest BCUT2D eigenvalue weighted by Gasteiger charge is 2.21. The van der Waals surface area contributed by atoms with E-state index in [2.05, 4.69) is 0 Å². The van der Waals surface area contributed by atoms with Crippen LogP contribution in [-0.2, 0) is 20.7 Å². The van der Waals surface area contributed by atoms with Crippen molar-refractivity contribution in [3.63, 3.8) is 0 Å². The van der Waals surface area contributed by atoms with E-state index >= 15 is 0 Å². The predicted octanol–water partition coefficient (Wildman–Crippen LogP) is 3.62. The average Bonchev–Trinajstić information content (AvgIpc) is 2.67. The number of halogens is 3. The van der Waals surface area contributed by atoms with E-state index in [1.54, 1.807) is 12.1 Å². The summed E-state index contributed by atoms with van der Waals surface area (Å²) in [5, 5.41) is 2.03. The Kier molecular flexibility index (Phi) is 6.81. The summed E-state index contributed by atoms with van der Waals surface area (Å²) in [7, 11) is 0. The van der Waals surface area contributed by atoms with E-state index in [1.807, 2.05) is 24.4 Å². The van der Waals surface area contributed by atoms with Gasteiger partial charge in [-0.2, -0.15) is 0 Å². The van der Waals surface area contributed by atoms with Crippen LogP contribution in [0.2, 0.25) is 0 Å². The summed E-state index contributed by atoms with van der Waals surface area (Å²) in [5.74, 6) is -5.89. The zero-order valence-corrected chi connectivity index (χ0v) is 14.7. The molecule has 1 amide bonds. The second-order valence-corrected chi connectivity index (χ2v) is 5.63. The smallest absolute Gasteiger partial charge is 0.344 e. The van der Waals surface area contributed by atoms with Gasteiger partial charge in [-0.05, 0) is 43.2 Å². The summed E-state index contributed by atoms with van der Waals surface area (Å²) in [5.41, 5.74) is 0.550. The van der Waals surface area contributed by atoms with Gasteiger partial charge in [0.2, 0.25) is 0 Å². The number of anilines is 1. The Morgan fingerprint density at radius 2 is 1.70 bits per heavy atom. The fraction of sp³-hybridized carbons (Fsp3) is 0.263. The molecule has 5 nitrogen and oxygen atoms in total. The van der Waals surface area contributed by atoms with Crippen LogP contribution >= 0.6 is 0 Å². The third-order valence-electron chi connectivity index (χ3n) is 3.66. The molecule has 0 saturated heterocycles. The summed E-state index contributed by atoms with van der Waals surface area (Å²) >= 11 is 0. The van der Waals surface area contributed by atoms with E-state index in [0.717, 1.165) is 18.1 Å². The van der Waals surface area contributed by atoms with Gasteiger partial charge >= 0.3 is 5.97 Å². The zero-order chi connectivity index (χ0) is 20.0. The van der Waals surface area contributed by atoms with Gasteiger partial charge in [0.1, 0.15) is 5.75 Å². The van der Waals surface area contributed by atoms with Crippen LogP contribution < -0.4 is 10.1 Å². The predicted molar refractivity (Wildman–Crippen MR) is 91.8 cm³/mol. The van der Waals surface area contributed by atoms with Gasteiger partial charge < -0.3 is 14.8 Å². The van der Waals surface area contributed by atoms with E-state index in [-0.39, 0.29) is 0 Å². The van der Waals surface area contributed by atoms with E-state index in [1.165, 1.54) is 6.92 Å². The van der Waals surface area contributed by atoms with Crippen molar-refractivity contribution in [1.29, 1.82) is 0 Å². The lowest BCUT2D eigenvalue weighted by atomic mass is 10.2. The van der Waals surface area contributed by atoms with Gasteiger partial charge in [-0.3, -0.25) is 4.79 Å². The van der Waals surface area contributed by atoms with Gasteiger partial charge in [-0.25, -0.2) is 18.0 Å². The van der Waals surface area contributed by atoms with Gasteiger partial charge in [-0.15, -0.1) is 0 Å². The first-order valence-electron chi connectivity index (χ1n) is 8.17. The van der Waals surface area contributed by atoms with Crippen molar-refractivity contribution in [2.45, 2.75) is 26.4 Å². The van der Waals surface area contributed by atoms with Crippen molar-refractivity contribution in [3.8, 4) is 5.75 Å². The lowest BCUT2D eigenvalue weighted by molar-refractivity contribution is -0.155. The number of benzene rings is 2. The van der Waals surface area contributed by atoms with Gasteiger partial charge in [0.05, 0.1) is 5.69 Å². The third kappa shape index (κ3) is 5.47. The van der Waals surface area contributed by atoms with Gasteiger partial charge in [0, 0.05) is 0 Å². The molecule has 1 unspecified atom stereocenters. The van der Waals surface area contributed by atoms with E-state index in [9.17, 15) is 22.8 Å². The molecular formula is C19H18F3NO4. The molecule has 1 atom stereocenters. The molecule has 2 aromatic rings. The van der Waals surface area contributed by atoms with Gasteiger partial charge in [0.25, 0.3) is 5.91 Å². The number of esters is 1. The van der Waals surface area contributed by atoms with Gasteiger partial charge in [-0.1, -0.05) is 19.1 Å². The highest BCUT2D eigenvalue weighted by Crippen LogP contribution is 2.20. The standard InChI is InChI=1S/C19H18F3NO4/c1-3-12-4-6-13(7-5-12)26-10-16(24)27-11(2)19(25)23-15-9-8-14(20)17(21)18(15)22/h4-9,11H,3,10H2,1-2H3,(H,23,25). The fourth-order valence-corrected chi connectivity index (χ4v) is 2.11. The van der Waals surface area contributed by atoms with Crippen LogP contribution in [0.25, 0.3) is 0 Å². The molecule has 0 aliphatic rings. The average molecular weight is 381 g/mol. The summed E-state index contributed by atoms with van der Waals surface area (Å²) in [6, 6.07) is 8.65. The number of rotatable bonds is 7. The van der Waals surface area contributed by atoms with Crippen LogP contribution in [0.15, 0.2) is 36.4 Å². The molecule has 0 spiro atoms. The first-order valence-corrected chi connectivity index (χ1v) is 8.17. The van der Waals surface area contributed by atoms with E-state index in [0.29, 0.717) is 11.8 Å². The summed E-state index contributed by atoms with van der Waals surface area (Å²) in [6.07, 6.45) is -0.427. The molecule has 0 heterocycles. The maximum atomic E-state index is 13.6. The highest BCUT2D eigenvalue weighted by atomic mass is 19.2. The second kappa shape index (κ2) is 9.07. The maximum Gasteiger partial charge on any atom is 0.344 e. The Bertz CT molecular complexity index is 824. The van der Waals surface area contributed by atoms with Crippen molar-refractivity contribution in [2.24, 2.45) is 0 Å². The molecule has 0 radical (unpaired) electrons. The van der Waals surface area contributed by atoms with Crippen LogP contribution in [0.3, 0.4) is 0 Å². The largest absolute Gasteiger partial charge is 0.482 e. The maximum absolute atomic E-state index is 13.6. The minimum Gasteiger partial charge on any atom is -0.482 e. The molecule has 8 heteroatoms. The lowest BCUT2D eigenvalue weighted by Gasteiger charge is -2.14. The minimum absolute atomic E-state index is 0.428. The number of amides is 1. The fourth-order valence-electron chi connectivity index (χ4n) is 2.11. The monoisotopic (exact) mass is 381 g/mol. The molecule has 2 aromatic carbocycles. The quantitative estimate of drug-likeness (QED) is 0.588. The van der Waals surface area contributed by atoms with Crippen molar-refractivity contribution in [2.75, 3.05) is 11.9 Å². The number of ether oxygens (including phenoxy) is 2. The number of hydrogen-bond donors (Lipinski definition) is 1. The Balaban J connectivity index is 1.86. The number of aryl methyl sites for hydroxylation is 1.